The normalized spacial score (nSPS) is 15.8. The van der Waals surface area contributed by atoms with Gasteiger partial charge in [0.05, 0.1) is 12.6 Å². The Morgan fingerprint density at radius 3 is 2.57 bits per heavy atom. The van der Waals surface area contributed by atoms with Gasteiger partial charge in [0.1, 0.15) is 11.6 Å². The Kier molecular flexibility index (Phi) is 6.67. The van der Waals surface area contributed by atoms with Gasteiger partial charge < -0.3 is 14.6 Å². The van der Waals surface area contributed by atoms with E-state index in [-0.39, 0.29) is 17.9 Å². The van der Waals surface area contributed by atoms with Crippen LogP contribution in [0.1, 0.15) is 50.9 Å². The average Bonchev–Trinajstić information content (AvgIpc) is 2.98. The highest BCUT2D eigenvalue weighted by Gasteiger charge is 2.23. The van der Waals surface area contributed by atoms with Crippen molar-refractivity contribution in [3.05, 3.63) is 41.5 Å². The van der Waals surface area contributed by atoms with E-state index in [4.69, 9.17) is 4.74 Å². The van der Waals surface area contributed by atoms with Gasteiger partial charge in [-0.2, -0.15) is 0 Å². The molecule has 1 aromatic heterocycles. The summed E-state index contributed by atoms with van der Waals surface area (Å²) in [4.78, 5) is 14.5. The van der Waals surface area contributed by atoms with Gasteiger partial charge >= 0.3 is 0 Å². The highest BCUT2D eigenvalue weighted by atomic mass is 16.5. The molecule has 7 nitrogen and oxygen atoms in total. The van der Waals surface area contributed by atoms with Crippen molar-refractivity contribution in [3.63, 3.8) is 0 Å². The summed E-state index contributed by atoms with van der Waals surface area (Å²) in [6, 6.07) is 8.18. The minimum atomic E-state index is -0.145. The zero-order chi connectivity index (χ0) is 20.1. The second-order valence-corrected chi connectivity index (χ2v) is 7.61. The highest BCUT2D eigenvalue weighted by molar-refractivity contribution is 5.78. The van der Waals surface area contributed by atoms with Crippen LogP contribution in [0.5, 0.6) is 5.75 Å². The Hall–Kier alpha value is -2.41. The molecule has 1 N–H and O–H groups in total. The molecule has 0 bridgehead atoms. The van der Waals surface area contributed by atoms with Crippen LogP contribution in [0.4, 0.5) is 0 Å². The van der Waals surface area contributed by atoms with Crippen LogP contribution in [-0.2, 0) is 24.3 Å². The molecule has 28 heavy (non-hydrogen) atoms. The summed E-state index contributed by atoms with van der Waals surface area (Å²) in [7, 11) is 0. The van der Waals surface area contributed by atoms with E-state index in [1.165, 1.54) is 5.56 Å². The van der Waals surface area contributed by atoms with E-state index in [1.807, 2.05) is 39.8 Å². The van der Waals surface area contributed by atoms with Crippen molar-refractivity contribution in [2.45, 2.75) is 53.2 Å². The first-order chi connectivity index (χ1) is 13.5. The molecule has 0 saturated heterocycles. The number of hydrogen-bond donors (Lipinski definition) is 1. The molecule has 0 spiro atoms. The van der Waals surface area contributed by atoms with Crippen LogP contribution in [0.25, 0.3) is 0 Å². The van der Waals surface area contributed by atoms with Crippen molar-refractivity contribution in [2.24, 2.45) is 5.92 Å². The van der Waals surface area contributed by atoms with E-state index < -0.39 is 0 Å². The molecule has 0 saturated carbocycles. The Morgan fingerprint density at radius 1 is 1.14 bits per heavy atom. The number of carbonyl (C=O) groups excluding carboxylic acids is 1. The van der Waals surface area contributed by atoms with E-state index in [1.54, 1.807) is 0 Å². The Balaban J connectivity index is 1.62. The number of rotatable bonds is 7. The van der Waals surface area contributed by atoms with Crippen molar-refractivity contribution < 1.29 is 9.53 Å². The van der Waals surface area contributed by atoms with Gasteiger partial charge in [0.15, 0.2) is 5.82 Å². The quantitative estimate of drug-likeness (QED) is 0.793. The lowest BCUT2D eigenvalue weighted by atomic mass is 10.2. The number of fused-ring (bicyclic) bond motifs is 1. The zero-order valence-electron chi connectivity index (χ0n) is 17.3. The number of hydrogen-bond acceptors (Lipinski definition) is 5. The van der Waals surface area contributed by atoms with Crippen molar-refractivity contribution >= 4 is 5.91 Å². The van der Waals surface area contributed by atoms with E-state index in [0.717, 1.165) is 50.0 Å². The third kappa shape index (κ3) is 4.90. The molecular formula is C21H31N5O2. The van der Waals surface area contributed by atoms with Crippen molar-refractivity contribution in [2.75, 3.05) is 19.7 Å². The smallest absolute Gasteiger partial charge is 0.223 e. The number of amides is 1. The van der Waals surface area contributed by atoms with Gasteiger partial charge in [-0.1, -0.05) is 26.0 Å². The molecule has 1 aliphatic rings. The van der Waals surface area contributed by atoms with E-state index in [2.05, 4.69) is 37.1 Å². The number of ether oxygens (including phenoxy) is 1. The lowest BCUT2D eigenvalue weighted by molar-refractivity contribution is -0.124. The highest BCUT2D eigenvalue weighted by Crippen LogP contribution is 2.18. The van der Waals surface area contributed by atoms with Crippen LogP contribution in [0.2, 0.25) is 0 Å². The van der Waals surface area contributed by atoms with E-state index in [9.17, 15) is 4.79 Å². The topological polar surface area (TPSA) is 72.3 Å². The van der Waals surface area contributed by atoms with Gasteiger partial charge in [-0.15, -0.1) is 10.2 Å². The monoisotopic (exact) mass is 385 g/mol. The molecule has 7 heteroatoms. The summed E-state index contributed by atoms with van der Waals surface area (Å²) in [5.74, 6) is 2.74. The summed E-state index contributed by atoms with van der Waals surface area (Å²) in [5, 5.41) is 11.8. The molecule has 0 aliphatic carbocycles. The zero-order valence-corrected chi connectivity index (χ0v) is 17.3. The molecule has 2 aromatic rings. The molecule has 0 radical (unpaired) electrons. The molecule has 3 rings (SSSR count). The van der Waals surface area contributed by atoms with E-state index >= 15 is 0 Å². The second-order valence-electron chi connectivity index (χ2n) is 7.61. The molecule has 0 fully saturated rings. The maximum atomic E-state index is 12.0. The predicted molar refractivity (Wildman–Crippen MR) is 108 cm³/mol. The molecule has 1 unspecified atom stereocenters. The standard InChI is InChI=1S/C21H31N5O2/c1-5-28-18-8-6-17(7-9-18)14-25-11-10-19-23-24-20(26(19)13-12-25)16(4)22-21(27)15(2)3/h6-9,15-16H,5,10-14H2,1-4H3,(H,22,27). The molecule has 152 valence electrons. The lowest BCUT2D eigenvalue weighted by Crippen LogP contribution is -2.32. The van der Waals surface area contributed by atoms with Crippen LogP contribution in [-0.4, -0.2) is 45.3 Å². The predicted octanol–water partition coefficient (Wildman–Crippen LogP) is 2.57. The van der Waals surface area contributed by atoms with Crippen molar-refractivity contribution in [1.29, 1.82) is 0 Å². The molecule has 1 aromatic carbocycles. The second kappa shape index (κ2) is 9.19. The lowest BCUT2D eigenvalue weighted by Gasteiger charge is -2.20. The summed E-state index contributed by atoms with van der Waals surface area (Å²) in [6.07, 6.45) is 0.856. The minimum absolute atomic E-state index is 0.0376. The average molecular weight is 386 g/mol. The van der Waals surface area contributed by atoms with Crippen molar-refractivity contribution in [1.82, 2.24) is 25.0 Å². The summed E-state index contributed by atoms with van der Waals surface area (Å²) in [6.45, 7) is 12.0. The Bertz CT molecular complexity index is 785. The maximum Gasteiger partial charge on any atom is 0.223 e. The van der Waals surface area contributed by atoms with Gasteiger partial charge in [-0.3, -0.25) is 9.69 Å². The van der Waals surface area contributed by atoms with Gasteiger partial charge in [0.25, 0.3) is 0 Å². The fraction of sp³-hybridized carbons (Fsp3) is 0.571. The van der Waals surface area contributed by atoms with Crippen LogP contribution in [0, 0.1) is 5.92 Å². The van der Waals surface area contributed by atoms with Gasteiger partial charge in [-0.05, 0) is 31.5 Å². The van der Waals surface area contributed by atoms with E-state index in [0.29, 0.717) is 6.61 Å². The number of benzene rings is 1. The molecular weight excluding hydrogens is 354 g/mol. The van der Waals surface area contributed by atoms with Gasteiger partial charge in [0.2, 0.25) is 5.91 Å². The fourth-order valence-corrected chi connectivity index (χ4v) is 3.43. The van der Waals surface area contributed by atoms with Crippen LogP contribution >= 0.6 is 0 Å². The van der Waals surface area contributed by atoms with Gasteiger partial charge in [0, 0.05) is 38.5 Å². The largest absolute Gasteiger partial charge is 0.494 e. The summed E-state index contributed by atoms with van der Waals surface area (Å²) < 4.78 is 7.69. The molecule has 1 amide bonds. The Morgan fingerprint density at radius 2 is 1.89 bits per heavy atom. The number of nitrogens with zero attached hydrogens (tertiary/aromatic N) is 4. The summed E-state index contributed by atoms with van der Waals surface area (Å²) >= 11 is 0. The first kappa shape index (κ1) is 20.3. The fourth-order valence-electron chi connectivity index (χ4n) is 3.43. The van der Waals surface area contributed by atoms with Crippen LogP contribution < -0.4 is 10.1 Å². The van der Waals surface area contributed by atoms with Gasteiger partial charge in [-0.25, -0.2) is 0 Å². The van der Waals surface area contributed by atoms with Crippen LogP contribution in [0.3, 0.4) is 0 Å². The third-order valence-electron chi connectivity index (χ3n) is 5.06. The first-order valence-electron chi connectivity index (χ1n) is 10.1. The Labute approximate surface area is 167 Å². The number of aromatic nitrogens is 3. The summed E-state index contributed by atoms with van der Waals surface area (Å²) in [5.41, 5.74) is 1.28. The number of carbonyl (C=O) groups is 1. The maximum absolute atomic E-state index is 12.0. The SMILES string of the molecule is CCOc1ccc(CN2CCc3nnc(C(C)NC(=O)C(C)C)n3CC2)cc1. The minimum Gasteiger partial charge on any atom is -0.494 e. The molecule has 1 atom stereocenters. The third-order valence-corrected chi connectivity index (χ3v) is 5.06. The number of nitrogens with one attached hydrogen (secondary N) is 1. The van der Waals surface area contributed by atoms with Crippen LogP contribution in [0.15, 0.2) is 24.3 Å². The molecule has 1 aliphatic heterocycles. The van der Waals surface area contributed by atoms with Crippen molar-refractivity contribution in [3.8, 4) is 5.75 Å². The molecule has 2 heterocycles. The first-order valence-corrected chi connectivity index (χ1v) is 10.1.